The summed E-state index contributed by atoms with van der Waals surface area (Å²) in [5.41, 5.74) is 5.56. The average molecular weight is 306 g/mol. The first-order valence-corrected chi connectivity index (χ1v) is 7.08. The highest BCUT2D eigenvalue weighted by atomic mass is 32.1. The van der Waals surface area contributed by atoms with Crippen molar-refractivity contribution in [2.45, 2.75) is 38.8 Å². The van der Waals surface area contributed by atoms with E-state index < -0.39 is 29.9 Å². The first-order chi connectivity index (χ1) is 9.46. The Morgan fingerprint density at radius 1 is 1.15 bits per heavy atom. The number of ether oxygens (including phenoxy) is 2. The van der Waals surface area contributed by atoms with Crippen molar-refractivity contribution < 1.29 is 23.9 Å². The summed E-state index contributed by atoms with van der Waals surface area (Å²) >= 11 is 3.98. The van der Waals surface area contributed by atoms with Gasteiger partial charge in [-0.2, -0.15) is 12.6 Å². The SMILES string of the molecule is CCOC(=O)C(N)CCC(=O)NC(CS)C(=O)OCC. The first kappa shape index (κ1) is 18.7. The maximum atomic E-state index is 11.6. The lowest BCUT2D eigenvalue weighted by Crippen LogP contribution is -2.44. The van der Waals surface area contributed by atoms with E-state index in [1.54, 1.807) is 13.8 Å². The summed E-state index contributed by atoms with van der Waals surface area (Å²) in [6.45, 7) is 3.82. The van der Waals surface area contributed by atoms with Crippen molar-refractivity contribution >= 4 is 30.5 Å². The summed E-state index contributed by atoms with van der Waals surface area (Å²) in [5, 5.41) is 2.48. The number of esters is 2. The maximum Gasteiger partial charge on any atom is 0.329 e. The number of nitrogens with one attached hydrogen (secondary N) is 1. The Labute approximate surface area is 124 Å². The molecular weight excluding hydrogens is 284 g/mol. The smallest absolute Gasteiger partial charge is 0.329 e. The Kier molecular flexibility index (Phi) is 9.83. The van der Waals surface area contributed by atoms with Gasteiger partial charge in [-0.15, -0.1) is 0 Å². The normalized spacial score (nSPS) is 13.2. The van der Waals surface area contributed by atoms with Crippen LogP contribution in [0.15, 0.2) is 0 Å². The van der Waals surface area contributed by atoms with Gasteiger partial charge in [0.25, 0.3) is 0 Å². The molecule has 0 aliphatic rings. The third-order valence-electron chi connectivity index (χ3n) is 2.36. The van der Waals surface area contributed by atoms with Crippen molar-refractivity contribution in [3.8, 4) is 0 Å². The summed E-state index contributed by atoms with van der Waals surface area (Å²) in [5.74, 6) is -1.34. The van der Waals surface area contributed by atoms with Crippen LogP contribution in [0.5, 0.6) is 0 Å². The minimum Gasteiger partial charge on any atom is -0.465 e. The van der Waals surface area contributed by atoms with Crippen LogP contribution in [0.25, 0.3) is 0 Å². The molecule has 0 aliphatic carbocycles. The Morgan fingerprint density at radius 2 is 1.70 bits per heavy atom. The van der Waals surface area contributed by atoms with E-state index in [9.17, 15) is 14.4 Å². The molecule has 116 valence electrons. The van der Waals surface area contributed by atoms with Gasteiger partial charge in [-0.3, -0.25) is 9.59 Å². The molecule has 0 fully saturated rings. The first-order valence-electron chi connectivity index (χ1n) is 6.45. The highest BCUT2D eigenvalue weighted by Gasteiger charge is 2.21. The van der Waals surface area contributed by atoms with Gasteiger partial charge in [0.15, 0.2) is 0 Å². The van der Waals surface area contributed by atoms with Crippen LogP contribution in [0, 0.1) is 0 Å². The molecule has 8 heteroatoms. The fourth-order valence-electron chi connectivity index (χ4n) is 1.34. The molecule has 2 atom stereocenters. The van der Waals surface area contributed by atoms with Crippen LogP contribution in [0.1, 0.15) is 26.7 Å². The van der Waals surface area contributed by atoms with Gasteiger partial charge in [-0.05, 0) is 20.3 Å². The van der Waals surface area contributed by atoms with E-state index in [2.05, 4.69) is 17.9 Å². The van der Waals surface area contributed by atoms with E-state index in [1.165, 1.54) is 0 Å². The molecule has 0 aromatic carbocycles. The molecule has 0 radical (unpaired) electrons. The predicted molar refractivity (Wildman–Crippen MR) is 76.3 cm³/mol. The lowest BCUT2D eigenvalue weighted by Gasteiger charge is -2.15. The topological polar surface area (TPSA) is 108 Å². The van der Waals surface area contributed by atoms with Gasteiger partial charge in [0.05, 0.1) is 13.2 Å². The highest BCUT2D eigenvalue weighted by molar-refractivity contribution is 7.80. The third-order valence-corrected chi connectivity index (χ3v) is 2.73. The molecule has 0 aromatic heterocycles. The maximum absolute atomic E-state index is 11.6. The monoisotopic (exact) mass is 306 g/mol. The van der Waals surface area contributed by atoms with Crippen LogP contribution >= 0.6 is 12.6 Å². The quantitative estimate of drug-likeness (QED) is 0.396. The molecule has 1 amide bonds. The molecule has 0 saturated carbocycles. The van der Waals surface area contributed by atoms with Gasteiger partial charge in [0.1, 0.15) is 12.1 Å². The fourth-order valence-corrected chi connectivity index (χ4v) is 1.58. The number of hydrogen-bond acceptors (Lipinski definition) is 7. The fraction of sp³-hybridized carbons (Fsp3) is 0.750. The second-order valence-corrected chi connectivity index (χ2v) is 4.32. The zero-order chi connectivity index (χ0) is 15.5. The van der Waals surface area contributed by atoms with E-state index >= 15 is 0 Å². The molecule has 0 saturated heterocycles. The van der Waals surface area contributed by atoms with Crippen LogP contribution in [0.2, 0.25) is 0 Å². The minimum absolute atomic E-state index is 0.0175. The number of amides is 1. The number of thiol groups is 1. The van der Waals surface area contributed by atoms with Crippen LogP contribution in [-0.2, 0) is 23.9 Å². The molecule has 0 rings (SSSR count). The van der Waals surface area contributed by atoms with E-state index in [1.807, 2.05) is 0 Å². The van der Waals surface area contributed by atoms with Crippen molar-refractivity contribution in [2.24, 2.45) is 5.73 Å². The molecule has 20 heavy (non-hydrogen) atoms. The van der Waals surface area contributed by atoms with Gasteiger partial charge in [0, 0.05) is 12.2 Å². The summed E-state index contributed by atoms with van der Waals surface area (Å²) in [7, 11) is 0. The summed E-state index contributed by atoms with van der Waals surface area (Å²) in [6, 6.07) is -1.65. The number of carbonyl (C=O) groups is 3. The zero-order valence-electron chi connectivity index (χ0n) is 11.8. The molecular formula is C12H22N2O5S. The molecule has 0 heterocycles. The van der Waals surface area contributed by atoms with Gasteiger partial charge >= 0.3 is 11.9 Å². The summed E-state index contributed by atoms with van der Waals surface area (Å²) in [4.78, 5) is 34.4. The van der Waals surface area contributed by atoms with E-state index in [-0.39, 0.29) is 31.8 Å². The summed E-state index contributed by atoms with van der Waals surface area (Å²) in [6.07, 6.45) is 0.163. The molecule has 3 N–H and O–H groups in total. The van der Waals surface area contributed by atoms with Crippen LogP contribution in [0.3, 0.4) is 0 Å². The van der Waals surface area contributed by atoms with Crippen LogP contribution in [0.4, 0.5) is 0 Å². The van der Waals surface area contributed by atoms with Gasteiger partial charge in [0.2, 0.25) is 5.91 Å². The largest absolute Gasteiger partial charge is 0.465 e. The predicted octanol–water partition coefficient (Wildman–Crippen LogP) is -0.365. The van der Waals surface area contributed by atoms with Gasteiger partial charge in [-0.1, -0.05) is 0 Å². The number of nitrogens with two attached hydrogens (primary N) is 1. The van der Waals surface area contributed by atoms with Gasteiger partial charge in [-0.25, -0.2) is 4.79 Å². The Hall–Kier alpha value is -1.28. The average Bonchev–Trinajstić information content (AvgIpc) is 2.42. The highest BCUT2D eigenvalue weighted by Crippen LogP contribution is 2.00. The lowest BCUT2D eigenvalue weighted by atomic mass is 10.1. The lowest BCUT2D eigenvalue weighted by molar-refractivity contribution is -0.147. The number of hydrogen-bond donors (Lipinski definition) is 3. The van der Waals surface area contributed by atoms with E-state index in [0.29, 0.717) is 0 Å². The molecule has 0 bridgehead atoms. The van der Waals surface area contributed by atoms with Crippen molar-refractivity contribution in [3.05, 3.63) is 0 Å². The molecule has 0 aromatic rings. The Morgan fingerprint density at radius 3 is 2.20 bits per heavy atom. The molecule has 2 unspecified atom stereocenters. The van der Waals surface area contributed by atoms with Crippen molar-refractivity contribution in [2.75, 3.05) is 19.0 Å². The number of rotatable bonds is 9. The number of carbonyl (C=O) groups excluding carboxylic acids is 3. The second-order valence-electron chi connectivity index (χ2n) is 3.95. The minimum atomic E-state index is -0.849. The second kappa shape index (κ2) is 10.5. The molecule has 0 aliphatic heterocycles. The van der Waals surface area contributed by atoms with Crippen LogP contribution in [-0.4, -0.2) is 48.9 Å². The zero-order valence-corrected chi connectivity index (χ0v) is 12.7. The van der Waals surface area contributed by atoms with E-state index in [0.717, 1.165) is 0 Å². The van der Waals surface area contributed by atoms with E-state index in [4.69, 9.17) is 15.2 Å². The molecule has 7 nitrogen and oxygen atoms in total. The third kappa shape index (κ3) is 7.34. The Bertz CT molecular complexity index is 338. The van der Waals surface area contributed by atoms with Crippen molar-refractivity contribution in [1.82, 2.24) is 5.32 Å². The molecule has 0 spiro atoms. The van der Waals surface area contributed by atoms with Crippen molar-refractivity contribution in [1.29, 1.82) is 0 Å². The summed E-state index contributed by atoms with van der Waals surface area (Å²) < 4.78 is 9.52. The van der Waals surface area contributed by atoms with Crippen LogP contribution < -0.4 is 11.1 Å². The van der Waals surface area contributed by atoms with Gasteiger partial charge < -0.3 is 20.5 Å². The Balaban J connectivity index is 4.14. The van der Waals surface area contributed by atoms with Crippen molar-refractivity contribution in [3.63, 3.8) is 0 Å². The standard InChI is InChI=1S/C12H22N2O5S/c1-3-18-11(16)8(13)5-6-10(15)14-9(7-20)12(17)19-4-2/h8-9,20H,3-7,13H2,1-2H3,(H,14,15).